The van der Waals surface area contributed by atoms with Crippen molar-refractivity contribution in [2.75, 3.05) is 19.5 Å². The molecule has 1 atom stereocenters. The second-order valence-corrected chi connectivity index (χ2v) is 6.91. The molecule has 26 heavy (non-hydrogen) atoms. The van der Waals surface area contributed by atoms with Crippen LogP contribution in [0.3, 0.4) is 0 Å². The number of nitrogens with one attached hydrogen (secondary N) is 2. The molecule has 0 radical (unpaired) electrons. The Kier molecular flexibility index (Phi) is 5.63. The number of amides is 2. The Morgan fingerprint density at radius 3 is 2.69 bits per heavy atom. The Morgan fingerprint density at radius 2 is 1.92 bits per heavy atom. The highest BCUT2D eigenvalue weighted by Crippen LogP contribution is 2.34. The van der Waals surface area contributed by atoms with Crippen molar-refractivity contribution < 1.29 is 14.3 Å². The second kappa shape index (κ2) is 8.10. The number of urea groups is 1. The predicted molar refractivity (Wildman–Crippen MR) is 107 cm³/mol. The van der Waals surface area contributed by atoms with Gasteiger partial charge in [0, 0.05) is 10.7 Å². The molecule has 136 valence electrons. The van der Waals surface area contributed by atoms with Gasteiger partial charge in [0.1, 0.15) is 0 Å². The molecule has 0 saturated heterocycles. The topological polar surface area (TPSA) is 59.6 Å². The van der Waals surface area contributed by atoms with Crippen molar-refractivity contribution in [1.29, 1.82) is 0 Å². The zero-order chi connectivity index (χ0) is 18.5. The molecule has 2 aromatic carbocycles. The number of hydrogen-bond donors (Lipinski definition) is 2. The van der Waals surface area contributed by atoms with E-state index in [-0.39, 0.29) is 12.1 Å². The monoisotopic (exact) mass is 370 g/mol. The highest BCUT2D eigenvalue weighted by Gasteiger charge is 2.15. The summed E-state index contributed by atoms with van der Waals surface area (Å²) in [6.07, 6.45) is 0.771. The molecule has 0 saturated carbocycles. The van der Waals surface area contributed by atoms with Gasteiger partial charge in [-0.15, -0.1) is 11.3 Å². The third kappa shape index (κ3) is 3.91. The molecular formula is C20H22N2O3S. The SMILES string of the molecule is COc1cccc(NC(=O)N[C@@H](C)Cc2csc3ccccc23)c1OC. The van der Waals surface area contributed by atoms with Gasteiger partial charge in [0.2, 0.25) is 0 Å². The summed E-state index contributed by atoms with van der Waals surface area (Å²) in [6.45, 7) is 1.99. The average molecular weight is 370 g/mol. The van der Waals surface area contributed by atoms with E-state index in [9.17, 15) is 4.79 Å². The summed E-state index contributed by atoms with van der Waals surface area (Å²) in [5, 5.41) is 9.22. The summed E-state index contributed by atoms with van der Waals surface area (Å²) >= 11 is 1.73. The van der Waals surface area contributed by atoms with Crippen LogP contribution in [-0.2, 0) is 6.42 Å². The zero-order valence-corrected chi connectivity index (χ0v) is 15.9. The van der Waals surface area contributed by atoms with Crippen LogP contribution in [0.4, 0.5) is 10.5 Å². The molecule has 3 rings (SSSR count). The minimum absolute atomic E-state index is 0.00962. The first-order valence-corrected chi connectivity index (χ1v) is 9.24. The molecular weight excluding hydrogens is 348 g/mol. The number of rotatable bonds is 6. The molecule has 0 aliphatic heterocycles. The molecule has 3 aromatic rings. The van der Waals surface area contributed by atoms with Gasteiger partial charge < -0.3 is 20.1 Å². The number of ether oxygens (including phenoxy) is 2. The Bertz CT molecular complexity index is 907. The Hall–Kier alpha value is -2.73. The van der Waals surface area contributed by atoms with Gasteiger partial charge in [-0.1, -0.05) is 24.3 Å². The van der Waals surface area contributed by atoms with E-state index >= 15 is 0 Å². The van der Waals surface area contributed by atoms with Gasteiger partial charge in [0.25, 0.3) is 0 Å². The first-order valence-electron chi connectivity index (χ1n) is 8.36. The smallest absolute Gasteiger partial charge is 0.319 e. The van der Waals surface area contributed by atoms with Crippen LogP contribution in [0.2, 0.25) is 0 Å². The van der Waals surface area contributed by atoms with Crippen LogP contribution in [0.15, 0.2) is 47.8 Å². The summed E-state index contributed by atoms with van der Waals surface area (Å²) in [5.74, 6) is 1.07. The third-order valence-corrected chi connectivity index (χ3v) is 5.13. The highest BCUT2D eigenvalue weighted by atomic mass is 32.1. The van der Waals surface area contributed by atoms with Crippen LogP contribution in [0, 0.1) is 0 Å². The number of carbonyl (C=O) groups is 1. The summed E-state index contributed by atoms with van der Waals surface area (Å²) in [4.78, 5) is 12.4. The van der Waals surface area contributed by atoms with E-state index < -0.39 is 0 Å². The van der Waals surface area contributed by atoms with Crippen LogP contribution in [-0.4, -0.2) is 26.3 Å². The van der Waals surface area contributed by atoms with E-state index in [1.807, 2.05) is 19.1 Å². The number of hydrogen-bond acceptors (Lipinski definition) is 4. The Morgan fingerprint density at radius 1 is 1.12 bits per heavy atom. The Balaban J connectivity index is 1.65. The summed E-state index contributed by atoms with van der Waals surface area (Å²) in [6, 6.07) is 13.4. The summed E-state index contributed by atoms with van der Waals surface area (Å²) < 4.78 is 11.9. The molecule has 0 aliphatic rings. The number of benzene rings is 2. The fraction of sp³-hybridized carbons (Fsp3) is 0.250. The van der Waals surface area contributed by atoms with Gasteiger partial charge in [-0.25, -0.2) is 4.79 Å². The predicted octanol–water partition coefficient (Wildman–Crippen LogP) is 4.67. The van der Waals surface area contributed by atoms with Crippen molar-refractivity contribution in [3.8, 4) is 11.5 Å². The summed E-state index contributed by atoms with van der Waals surface area (Å²) in [5.41, 5.74) is 1.81. The lowest BCUT2D eigenvalue weighted by Gasteiger charge is -2.17. The van der Waals surface area contributed by atoms with E-state index in [4.69, 9.17) is 9.47 Å². The molecule has 5 nitrogen and oxygen atoms in total. The fourth-order valence-electron chi connectivity index (χ4n) is 2.94. The van der Waals surface area contributed by atoms with Crippen LogP contribution in [0.25, 0.3) is 10.1 Å². The fourth-order valence-corrected chi connectivity index (χ4v) is 3.92. The number of anilines is 1. The molecule has 0 unspecified atom stereocenters. The number of para-hydroxylation sites is 1. The van der Waals surface area contributed by atoms with Crippen LogP contribution in [0.1, 0.15) is 12.5 Å². The molecule has 2 N–H and O–H groups in total. The quantitative estimate of drug-likeness (QED) is 0.663. The van der Waals surface area contributed by atoms with Gasteiger partial charge >= 0.3 is 6.03 Å². The molecule has 6 heteroatoms. The minimum Gasteiger partial charge on any atom is -0.493 e. The van der Waals surface area contributed by atoms with E-state index in [2.05, 4.69) is 28.1 Å². The zero-order valence-electron chi connectivity index (χ0n) is 15.0. The largest absolute Gasteiger partial charge is 0.493 e. The standard InChI is InChI=1S/C20H22N2O3S/c1-13(11-14-12-26-18-10-5-4-7-15(14)18)21-20(23)22-16-8-6-9-17(24-2)19(16)25-3/h4-10,12-13H,11H2,1-3H3,(H2,21,22,23)/t13-/m0/s1. The molecule has 1 aromatic heterocycles. The van der Waals surface area contributed by atoms with E-state index in [1.54, 1.807) is 43.8 Å². The second-order valence-electron chi connectivity index (χ2n) is 6.00. The lowest BCUT2D eigenvalue weighted by molar-refractivity contribution is 0.249. The maximum Gasteiger partial charge on any atom is 0.319 e. The number of fused-ring (bicyclic) bond motifs is 1. The average Bonchev–Trinajstić information content (AvgIpc) is 3.04. The Labute approximate surface area is 156 Å². The van der Waals surface area contributed by atoms with Crippen LogP contribution < -0.4 is 20.1 Å². The van der Waals surface area contributed by atoms with Crippen molar-refractivity contribution in [2.45, 2.75) is 19.4 Å². The van der Waals surface area contributed by atoms with E-state index in [0.717, 1.165) is 6.42 Å². The van der Waals surface area contributed by atoms with Gasteiger partial charge in [0.15, 0.2) is 11.5 Å². The first kappa shape index (κ1) is 18.1. The number of methoxy groups -OCH3 is 2. The van der Waals surface area contributed by atoms with Crippen LogP contribution >= 0.6 is 11.3 Å². The van der Waals surface area contributed by atoms with Gasteiger partial charge in [0.05, 0.1) is 19.9 Å². The van der Waals surface area contributed by atoms with Gasteiger partial charge in [-0.3, -0.25) is 0 Å². The van der Waals surface area contributed by atoms with E-state index in [0.29, 0.717) is 17.2 Å². The molecule has 0 spiro atoms. The van der Waals surface area contributed by atoms with Crippen molar-refractivity contribution in [3.05, 3.63) is 53.4 Å². The first-order chi connectivity index (χ1) is 12.6. The lowest BCUT2D eigenvalue weighted by Crippen LogP contribution is -2.37. The maximum absolute atomic E-state index is 12.4. The molecule has 1 heterocycles. The number of carbonyl (C=O) groups excluding carboxylic acids is 1. The highest BCUT2D eigenvalue weighted by molar-refractivity contribution is 7.17. The summed E-state index contributed by atoms with van der Waals surface area (Å²) in [7, 11) is 3.11. The maximum atomic E-state index is 12.4. The van der Waals surface area contributed by atoms with E-state index in [1.165, 1.54) is 15.6 Å². The molecule has 0 bridgehead atoms. The van der Waals surface area contributed by atoms with Crippen molar-refractivity contribution in [1.82, 2.24) is 5.32 Å². The number of thiophene rings is 1. The molecule has 0 aliphatic carbocycles. The normalized spacial score (nSPS) is 11.8. The van der Waals surface area contributed by atoms with Gasteiger partial charge in [-0.2, -0.15) is 0 Å². The van der Waals surface area contributed by atoms with Crippen molar-refractivity contribution >= 4 is 33.1 Å². The van der Waals surface area contributed by atoms with Gasteiger partial charge in [-0.05, 0) is 47.9 Å². The molecule has 2 amide bonds. The molecule has 0 fully saturated rings. The van der Waals surface area contributed by atoms with Crippen molar-refractivity contribution in [3.63, 3.8) is 0 Å². The lowest BCUT2D eigenvalue weighted by atomic mass is 10.1. The van der Waals surface area contributed by atoms with Crippen molar-refractivity contribution in [2.24, 2.45) is 0 Å². The minimum atomic E-state index is -0.274. The van der Waals surface area contributed by atoms with Crippen LogP contribution in [0.5, 0.6) is 11.5 Å². The third-order valence-electron chi connectivity index (χ3n) is 4.12.